The van der Waals surface area contributed by atoms with E-state index in [9.17, 15) is 14.7 Å². The summed E-state index contributed by atoms with van der Waals surface area (Å²) in [4.78, 5) is 23.4. The molecule has 120 valence electrons. The fourth-order valence-electron chi connectivity index (χ4n) is 2.92. The van der Waals surface area contributed by atoms with Gasteiger partial charge in [0.2, 0.25) is 5.91 Å². The summed E-state index contributed by atoms with van der Waals surface area (Å²) in [5.74, 6) is -0.449. The van der Waals surface area contributed by atoms with E-state index in [0.717, 1.165) is 29.7 Å². The molecule has 0 aliphatic heterocycles. The lowest BCUT2D eigenvalue weighted by Gasteiger charge is -2.25. The van der Waals surface area contributed by atoms with Gasteiger partial charge in [-0.05, 0) is 38.3 Å². The van der Waals surface area contributed by atoms with Crippen LogP contribution in [0, 0.1) is 13.8 Å². The number of benzene rings is 1. The molecule has 5 heteroatoms. The molecule has 0 saturated heterocycles. The first-order valence-corrected chi connectivity index (χ1v) is 7.67. The molecule has 1 aliphatic rings. The van der Waals surface area contributed by atoms with Gasteiger partial charge < -0.3 is 15.2 Å². The second kappa shape index (κ2) is 6.81. The van der Waals surface area contributed by atoms with E-state index in [-0.39, 0.29) is 18.9 Å². The van der Waals surface area contributed by atoms with E-state index >= 15 is 0 Å². The number of hydrogen-bond acceptors (Lipinski definition) is 3. The average molecular weight is 305 g/mol. The second-order valence-electron chi connectivity index (χ2n) is 6.01. The van der Waals surface area contributed by atoms with E-state index in [1.54, 1.807) is 0 Å². The van der Waals surface area contributed by atoms with Crippen molar-refractivity contribution in [1.29, 1.82) is 0 Å². The van der Waals surface area contributed by atoms with Crippen LogP contribution in [0.2, 0.25) is 0 Å². The maximum atomic E-state index is 12.0. The van der Waals surface area contributed by atoms with Crippen LogP contribution in [0.25, 0.3) is 0 Å². The highest BCUT2D eigenvalue weighted by atomic mass is 16.5. The SMILES string of the molecule is Cc1ccc(OCCC(=O)NC2(C(=O)O)CCCC2)c(C)c1. The van der Waals surface area contributed by atoms with E-state index in [1.165, 1.54) is 0 Å². The van der Waals surface area contributed by atoms with Gasteiger partial charge in [0.05, 0.1) is 13.0 Å². The van der Waals surface area contributed by atoms with Crippen molar-refractivity contribution in [3.8, 4) is 5.75 Å². The Morgan fingerprint density at radius 1 is 1.27 bits per heavy atom. The summed E-state index contributed by atoms with van der Waals surface area (Å²) < 4.78 is 5.61. The van der Waals surface area contributed by atoms with Crippen LogP contribution in [0.4, 0.5) is 0 Å². The molecule has 22 heavy (non-hydrogen) atoms. The molecule has 0 atom stereocenters. The van der Waals surface area contributed by atoms with Gasteiger partial charge >= 0.3 is 5.97 Å². The quantitative estimate of drug-likeness (QED) is 0.847. The van der Waals surface area contributed by atoms with Crippen molar-refractivity contribution in [2.24, 2.45) is 0 Å². The average Bonchev–Trinajstić information content (AvgIpc) is 2.91. The lowest BCUT2D eigenvalue weighted by Crippen LogP contribution is -2.52. The Kier molecular flexibility index (Phi) is 5.06. The number of amides is 1. The first-order chi connectivity index (χ1) is 10.4. The van der Waals surface area contributed by atoms with Crippen LogP contribution in [-0.2, 0) is 9.59 Å². The third kappa shape index (κ3) is 3.78. The number of aryl methyl sites for hydroxylation is 2. The zero-order valence-corrected chi connectivity index (χ0v) is 13.1. The lowest BCUT2D eigenvalue weighted by atomic mass is 9.97. The van der Waals surface area contributed by atoms with Crippen LogP contribution in [0.3, 0.4) is 0 Å². The van der Waals surface area contributed by atoms with Crippen molar-refractivity contribution >= 4 is 11.9 Å². The molecule has 2 N–H and O–H groups in total. The number of carbonyl (C=O) groups is 2. The smallest absolute Gasteiger partial charge is 0.329 e. The molecule has 0 bridgehead atoms. The lowest BCUT2D eigenvalue weighted by molar-refractivity contribution is -0.147. The predicted octanol–water partition coefficient (Wildman–Crippen LogP) is 2.59. The summed E-state index contributed by atoms with van der Waals surface area (Å²) in [5.41, 5.74) is 1.11. The maximum absolute atomic E-state index is 12.0. The fraction of sp³-hybridized carbons (Fsp3) is 0.529. The van der Waals surface area contributed by atoms with Crippen molar-refractivity contribution in [2.45, 2.75) is 51.5 Å². The molecule has 1 amide bonds. The third-order valence-corrected chi connectivity index (χ3v) is 4.16. The van der Waals surface area contributed by atoms with Crippen LogP contribution in [0.5, 0.6) is 5.75 Å². The summed E-state index contributed by atoms with van der Waals surface area (Å²) in [6.45, 7) is 4.21. The molecule has 0 aromatic heterocycles. The van der Waals surface area contributed by atoms with Gasteiger partial charge in [-0.3, -0.25) is 4.79 Å². The zero-order valence-electron chi connectivity index (χ0n) is 13.1. The Labute approximate surface area is 130 Å². The Hall–Kier alpha value is -2.04. The minimum Gasteiger partial charge on any atom is -0.493 e. The second-order valence-corrected chi connectivity index (χ2v) is 6.01. The number of carboxylic acids is 1. The minimum absolute atomic E-state index is 0.155. The standard InChI is InChI=1S/C17H23NO4/c1-12-5-6-14(13(2)11-12)22-10-7-15(19)18-17(16(20)21)8-3-4-9-17/h5-6,11H,3-4,7-10H2,1-2H3,(H,18,19)(H,20,21). The highest BCUT2D eigenvalue weighted by Gasteiger charge is 2.42. The highest BCUT2D eigenvalue weighted by Crippen LogP contribution is 2.30. The molecule has 5 nitrogen and oxygen atoms in total. The normalized spacial score (nSPS) is 16.3. The number of hydrogen-bond donors (Lipinski definition) is 2. The third-order valence-electron chi connectivity index (χ3n) is 4.16. The maximum Gasteiger partial charge on any atom is 0.329 e. The molecule has 1 saturated carbocycles. The highest BCUT2D eigenvalue weighted by molar-refractivity contribution is 5.87. The Morgan fingerprint density at radius 2 is 1.95 bits per heavy atom. The van der Waals surface area contributed by atoms with E-state index in [1.807, 2.05) is 32.0 Å². The van der Waals surface area contributed by atoms with Gasteiger partial charge in [0, 0.05) is 0 Å². The van der Waals surface area contributed by atoms with E-state index < -0.39 is 11.5 Å². The van der Waals surface area contributed by atoms with E-state index in [4.69, 9.17) is 4.74 Å². The Morgan fingerprint density at radius 3 is 2.55 bits per heavy atom. The van der Waals surface area contributed by atoms with Gasteiger partial charge in [-0.15, -0.1) is 0 Å². The summed E-state index contributed by atoms with van der Waals surface area (Å²) in [7, 11) is 0. The predicted molar refractivity (Wildman–Crippen MR) is 83.0 cm³/mol. The number of rotatable bonds is 6. The summed E-state index contributed by atoms with van der Waals surface area (Å²) in [6.07, 6.45) is 2.84. The molecule has 1 aromatic carbocycles. The van der Waals surface area contributed by atoms with Crippen molar-refractivity contribution in [2.75, 3.05) is 6.61 Å². The molecular weight excluding hydrogens is 282 g/mol. The molecular formula is C17H23NO4. The molecule has 1 aliphatic carbocycles. The number of carboxylic acid groups (broad SMARTS) is 1. The van der Waals surface area contributed by atoms with E-state index in [2.05, 4.69) is 5.32 Å². The summed E-state index contributed by atoms with van der Waals surface area (Å²) in [5, 5.41) is 12.0. The van der Waals surface area contributed by atoms with Crippen LogP contribution in [-0.4, -0.2) is 29.1 Å². The largest absolute Gasteiger partial charge is 0.493 e. The van der Waals surface area contributed by atoms with Gasteiger partial charge in [0.15, 0.2) is 0 Å². The van der Waals surface area contributed by atoms with Gasteiger partial charge in [-0.2, -0.15) is 0 Å². The monoisotopic (exact) mass is 305 g/mol. The molecule has 0 spiro atoms. The minimum atomic E-state index is -1.07. The van der Waals surface area contributed by atoms with Gasteiger partial charge in [0.25, 0.3) is 0 Å². The van der Waals surface area contributed by atoms with Crippen LogP contribution < -0.4 is 10.1 Å². The number of aliphatic carboxylic acids is 1. The van der Waals surface area contributed by atoms with Gasteiger partial charge in [0.1, 0.15) is 11.3 Å². The van der Waals surface area contributed by atoms with Crippen molar-refractivity contribution in [3.05, 3.63) is 29.3 Å². The van der Waals surface area contributed by atoms with Crippen LogP contribution in [0.15, 0.2) is 18.2 Å². The van der Waals surface area contributed by atoms with Crippen LogP contribution >= 0.6 is 0 Å². The first kappa shape index (κ1) is 16.3. The summed E-state index contributed by atoms with van der Waals surface area (Å²) in [6, 6.07) is 5.87. The number of carbonyl (C=O) groups excluding carboxylic acids is 1. The Balaban J connectivity index is 1.84. The zero-order chi connectivity index (χ0) is 16.2. The molecule has 1 fully saturated rings. The van der Waals surface area contributed by atoms with Gasteiger partial charge in [-0.1, -0.05) is 30.5 Å². The van der Waals surface area contributed by atoms with E-state index in [0.29, 0.717) is 12.8 Å². The van der Waals surface area contributed by atoms with Crippen LogP contribution in [0.1, 0.15) is 43.2 Å². The molecule has 0 radical (unpaired) electrons. The molecule has 0 unspecified atom stereocenters. The van der Waals surface area contributed by atoms with Crippen molar-refractivity contribution in [1.82, 2.24) is 5.32 Å². The molecule has 2 rings (SSSR count). The Bertz CT molecular complexity index is 562. The van der Waals surface area contributed by atoms with Gasteiger partial charge in [-0.25, -0.2) is 4.79 Å². The fourth-order valence-corrected chi connectivity index (χ4v) is 2.92. The number of nitrogens with one attached hydrogen (secondary N) is 1. The number of ether oxygens (including phenoxy) is 1. The molecule has 0 heterocycles. The summed E-state index contributed by atoms with van der Waals surface area (Å²) >= 11 is 0. The first-order valence-electron chi connectivity index (χ1n) is 7.67. The van der Waals surface area contributed by atoms with Crippen molar-refractivity contribution in [3.63, 3.8) is 0 Å². The topological polar surface area (TPSA) is 75.6 Å². The van der Waals surface area contributed by atoms with Crippen molar-refractivity contribution < 1.29 is 19.4 Å². The molecule has 1 aromatic rings.